The summed E-state index contributed by atoms with van der Waals surface area (Å²) in [6.45, 7) is 3.43. The van der Waals surface area contributed by atoms with Crippen LogP contribution in [-0.4, -0.2) is 41.6 Å². The van der Waals surface area contributed by atoms with Crippen LogP contribution in [0.25, 0.3) is 0 Å². The van der Waals surface area contributed by atoms with Crippen molar-refractivity contribution in [2.24, 2.45) is 0 Å². The number of aryl methyl sites for hydroxylation is 1. The van der Waals surface area contributed by atoms with Gasteiger partial charge in [0.05, 0.1) is 24.8 Å². The lowest BCUT2D eigenvalue weighted by Gasteiger charge is -2.24. The highest BCUT2D eigenvalue weighted by atomic mass is 32.2. The van der Waals surface area contributed by atoms with Gasteiger partial charge in [-0.1, -0.05) is 12.1 Å². The van der Waals surface area contributed by atoms with E-state index in [0.29, 0.717) is 17.2 Å². The fraction of sp³-hybridized carbons (Fsp3) is 0.316. The van der Waals surface area contributed by atoms with Gasteiger partial charge in [-0.25, -0.2) is 13.1 Å². The molecule has 0 saturated carbocycles. The molecule has 0 radical (unpaired) electrons. The van der Waals surface area contributed by atoms with E-state index in [1.807, 2.05) is 13.0 Å². The van der Waals surface area contributed by atoms with Gasteiger partial charge in [-0.15, -0.1) is 0 Å². The van der Waals surface area contributed by atoms with Crippen molar-refractivity contribution >= 4 is 21.6 Å². The molecule has 0 fully saturated rings. The first-order valence-corrected chi connectivity index (χ1v) is 9.83. The minimum atomic E-state index is -3.66. The summed E-state index contributed by atoms with van der Waals surface area (Å²) in [4.78, 5) is 13.8. The van der Waals surface area contributed by atoms with Gasteiger partial charge < -0.3 is 14.4 Å². The molecule has 2 aromatic carbocycles. The number of nitrogens with zero attached hydrogens (tertiary/aromatic N) is 1. The van der Waals surface area contributed by atoms with Crippen LogP contribution in [0.4, 0.5) is 5.69 Å². The largest absolute Gasteiger partial charge is 0.497 e. The number of nitrogens with one attached hydrogen (secondary N) is 1. The van der Waals surface area contributed by atoms with Crippen molar-refractivity contribution in [3.8, 4) is 11.5 Å². The number of amides is 1. The smallest absolute Gasteiger partial charge is 0.240 e. The summed E-state index contributed by atoms with van der Waals surface area (Å²) in [6.07, 6.45) is 0. The van der Waals surface area contributed by atoms with Crippen molar-refractivity contribution < 1.29 is 22.7 Å². The van der Waals surface area contributed by atoms with Gasteiger partial charge in [-0.3, -0.25) is 4.79 Å². The average molecular weight is 392 g/mol. The average Bonchev–Trinajstić information content (AvgIpc) is 2.64. The summed E-state index contributed by atoms with van der Waals surface area (Å²) in [6, 6.07) is 11.7. The zero-order valence-electron chi connectivity index (χ0n) is 15.9. The third-order valence-corrected chi connectivity index (χ3v) is 5.44. The lowest BCUT2D eigenvalue weighted by Crippen LogP contribution is -2.37. The van der Waals surface area contributed by atoms with Crippen LogP contribution in [0.2, 0.25) is 0 Å². The highest BCUT2D eigenvalue weighted by Crippen LogP contribution is 2.32. The highest BCUT2D eigenvalue weighted by Gasteiger charge is 2.19. The topological polar surface area (TPSA) is 84.9 Å². The molecular weight excluding hydrogens is 368 g/mol. The van der Waals surface area contributed by atoms with Gasteiger partial charge in [0.2, 0.25) is 15.9 Å². The number of ether oxygens (including phenoxy) is 2. The van der Waals surface area contributed by atoms with E-state index >= 15 is 0 Å². The third kappa shape index (κ3) is 5.21. The maximum atomic E-state index is 12.4. The lowest BCUT2D eigenvalue weighted by molar-refractivity contribution is -0.116. The second-order valence-corrected chi connectivity index (χ2v) is 7.69. The normalized spacial score (nSPS) is 11.1. The second-order valence-electron chi connectivity index (χ2n) is 5.92. The first-order valence-electron chi connectivity index (χ1n) is 8.35. The molecule has 0 unspecified atom stereocenters. The summed E-state index contributed by atoms with van der Waals surface area (Å²) in [7, 11) is -0.627. The Balaban J connectivity index is 2.17. The van der Waals surface area contributed by atoms with E-state index in [2.05, 4.69) is 4.72 Å². The van der Waals surface area contributed by atoms with E-state index in [9.17, 15) is 13.2 Å². The molecule has 7 nitrogen and oxygen atoms in total. The molecule has 0 heterocycles. The summed E-state index contributed by atoms with van der Waals surface area (Å²) in [5, 5.41) is 0. The molecule has 0 bridgehead atoms. The van der Waals surface area contributed by atoms with Gasteiger partial charge in [-0.05, 0) is 36.8 Å². The predicted octanol–water partition coefficient (Wildman–Crippen LogP) is 2.34. The standard InChI is InChI=1S/C19H24N2O5S/c1-14-6-5-7-17(12-14)27(23,24)20-10-11-21(15(2)22)18-13-16(25-3)8-9-19(18)26-4/h5-9,12-13,20H,10-11H2,1-4H3. The van der Waals surface area contributed by atoms with Crippen molar-refractivity contribution in [3.05, 3.63) is 48.0 Å². The Bertz CT molecular complexity index is 912. The van der Waals surface area contributed by atoms with Gasteiger partial charge >= 0.3 is 0 Å². The minimum absolute atomic E-state index is 0.0518. The Hall–Kier alpha value is -2.58. The monoisotopic (exact) mass is 392 g/mol. The zero-order valence-corrected chi connectivity index (χ0v) is 16.7. The van der Waals surface area contributed by atoms with E-state index in [1.54, 1.807) is 30.3 Å². The zero-order chi connectivity index (χ0) is 20.0. The fourth-order valence-electron chi connectivity index (χ4n) is 2.61. The second kappa shape index (κ2) is 8.88. The van der Waals surface area contributed by atoms with Crippen molar-refractivity contribution in [2.75, 3.05) is 32.2 Å². The Morgan fingerprint density at radius 3 is 2.44 bits per heavy atom. The number of sulfonamides is 1. The van der Waals surface area contributed by atoms with E-state index < -0.39 is 10.0 Å². The Labute approximate surface area is 160 Å². The van der Waals surface area contributed by atoms with E-state index in [4.69, 9.17) is 9.47 Å². The third-order valence-electron chi connectivity index (χ3n) is 3.98. The number of anilines is 1. The number of carbonyl (C=O) groups is 1. The number of hydrogen-bond donors (Lipinski definition) is 1. The van der Waals surface area contributed by atoms with Gasteiger partial charge in [0, 0.05) is 26.1 Å². The first kappa shape index (κ1) is 20.7. The van der Waals surface area contributed by atoms with Crippen molar-refractivity contribution in [1.82, 2.24) is 4.72 Å². The Morgan fingerprint density at radius 1 is 1.11 bits per heavy atom. The Morgan fingerprint density at radius 2 is 1.85 bits per heavy atom. The first-order chi connectivity index (χ1) is 12.8. The maximum Gasteiger partial charge on any atom is 0.240 e. The SMILES string of the molecule is COc1ccc(OC)c(N(CCNS(=O)(=O)c2cccc(C)c2)C(C)=O)c1. The van der Waals surface area contributed by atoms with Crippen LogP contribution >= 0.6 is 0 Å². The maximum absolute atomic E-state index is 12.4. The van der Waals surface area contributed by atoms with Crippen molar-refractivity contribution in [2.45, 2.75) is 18.7 Å². The quantitative estimate of drug-likeness (QED) is 0.745. The molecule has 27 heavy (non-hydrogen) atoms. The molecule has 0 aromatic heterocycles. The minimum Gasteiger partial charge on any atom is -0.497 e. The molecule has 8 heteroatoms. The molecule has 146 valence electrons. The van der Waals surface area contributed by atoms with Crippen LogP contribution in [0, 0.1) is 6.92 Å². The van der Waals surface area contributed by atoms with Crippen LogP contribution in [-0.2, 0) is 14.8 Å². The van der Waals surface area contributed by atoms with E-state index in [1.165, 1.54) is 32.1 Å². The van der Waals surface area contributed by atoms with Crippen molar-refractivity contribution in [1.29, 1.82) is 0 Å². The molecule has 0 aliphatic heterocycles. The fourth-order valence-corrected chi connectivity index (χ4v) is 3.74. The number of benzene rings is 2. The van der Waals surface area contributed by atoms with Crippen LogP contribution in [0.5, 0.6) is 11.5 Å². The predicted molar refractivity (Wildman–Crippen MR) is 104 cm³/mol. The van der Waals surface area contributed by atoms with E-state index in [0.717, 1.165) is 5.56 Å². The van der Waals surface area contributed by atoms with Crippen LogP contribution in [0.1, 0.15) is 12.5 Å². The molecule has 0 saturated heterocycles. The molecule has 2 rings (SSSR count). The van der Waals surface area contributed by atoms with Gasteiger partial charge in [0.25, 0.3) is 0 Å². The van der Waals surface area contributed by atoms with Crippen LogP contribution in [0.3, 0.4) is 0 Å². The van der Waals surface area contributed by atoms with Gasteiger partial charge in [-0.2, -0.15) is 0 Å². The summed E-state index contributed by atoms with van der Waals surface area (Å²) < 4.78 is 37.9. The Kier molecular flexibility index (Phi) is 6.81. The number of carbonyl (C=O) groups excluding carboxylic acids is 1. The summed E-state index contributed by atoms with van der Waals surface area (Å²) >= 11 is 0. The molecule has 2 aromatic rings. The molecule has 1 N–H and O–H groups in total. The summed E-state index contributed by atoms with van der Waals surface area (Å²) in [5.74, 6) is 0.821. The lowest BCUT2D eigenvalue weighted by atomic mass is 10.2. The highest BCUT2D eigenvalue weighted by molar-refractivity contribution is 7.89. The summed E-state index contributed by atoms with van der Waals surface area (Å²) in [5.41, 5.74) is 1.36. The van der Waals surface area contributed by atoms with E-state index in [-0.39, 0.29) is 23.9 Å². The van der Waals surface area contributed by atoms with Crippen molar-refractivity contribution in [3.63, 3.8) is 0 Å². The number of hydrogen-bond acceptors (Lipinski definition) is 5. The number of methoxy groups -OCH3 is 2. The molecule has 0 spiro atoms. The van der Waals surface area contributed by atoms with Crippen LogP contribution in [0.15, 0.2) is 47.4 Å². The molecule has 1 amide bonds. The molecule has 0 aliphatic carbocycles. The molecule has 0 atom stereocenters. The van der Waals surface area contributed by atoms with Gasteiger partial charge in [0.15, 0.2) is 0 Å². The van der Waals surface area contributed by atoms with Crippen LogP contribution < -0.4 is 19.1 Å². The molecular formula is C19H24N2O5S. The molecule has 0 aliphatic rings. The number of rotatable bonds is 8. The van der Waals surface area contributed by atoms with Gasteiger partial charge in [0.1, 0.15) is 11.5 Å².